The number of nitrogen functional groups attached to an aromatic ring is 1. The highest BCUT2D eigenvalue weighted by Gasteiger charge is 2.10. The lowest BCUT2D eigenvalue weighted by molar-refractivity contribution is 0.100. The molecular weight excluding hydrogens is 262 g/mol. The first kappa shape index (κ1) is 13.2. The van der Waals surface area contributed by atoms with E-state index >= 15 is 0 Å². The summed E-state index contributed by atoms with van der Waals surface area (Å²) in [4.78, 5) is 11.3. The molecule has 0 aliphatic heterocycles. The van der Waals surface area contributed by atoms with E-state index in [0.29, 0.717) is 28.5 Å². The van der Waals surface area contributed by atoms with Crippen molar-refractivity contribution in [3.05, 3.63) is 58.6 Å². The van der Waals surface area contributed by atoms with E-state index in [1.165, 1.54) is 0 Å². The van der Waals surface area contributed by atoms with Crippen molar-refractivity contribution in [3.8, 4) is 0 Å². The van der Waals surface area contributed by atoms with Crippen molar-refractivity contribution < 1.29 is 4.79 Å². The van der Waals surface area contributed by atoms with E-state index in [0.717, 1.165) is 5.56 Å². The van der Waals surface area contributed by atoms with Gasteiger partial charge >= 0.3 is 0 Å². The van der Waals surface area contributed by atoms with Crippen LogP contribution >= 0.6 is 11.6 Å². The summed E-state index contributed by atoms with van der Waals surface area (Å²) in [6.07, 6.45) is 0. The van der Waals surface area contributed by atoms with Crippen molar-refractivity contribution in [2.24, 2.45) is 5.73 Å². The molecule has 0 bridgehead atoms. The van der Waals surface area contributed by atoms with Gasteiger partial charge in [-0.25, -0.2) is 0 Å². The molecule has 0 saturated carbocycles. The molecular formula is C14H14ClN3O. The van der Waals surface area contributed by atoms with Crippen molar-refractivity contribution in [3.63, 3.8) is 0 Å². The maximum atomic E-state index is 11.3. The van der Waals surface area contributed by atoms with Crippen LogP contribution in [0.2, 0.25) is 5.02 Å². The van der Waals surface area contributed by atoms with Gasteiger partial charge in [0.15, 0.2) is 0 Å². The Hall–Kier alpha value is -2.20. The zero-order valence-corrected chi connectivity index (χ0v) is 10.9. The Labute approximate surface area is 116 Å². The molecule has 2 aromatic rings. The summed E-state index contributed by atoms with van der Waals surface area (Å²) in [5.74, 6) is -0.513. The lowest BCUT2D eigenvalue weighted by atomic mass is 10.1. The average molecular weight is 276 g/mol. The van der Waals surface area contributed by atoms with Crippen LogP contribution in [0.15, 0.2) is 42.5 Å². The largest absolute Gasteiger partial charge is 0.397 e. The number of carbonyl (C=O) groups is 1. The Balaban J connectivity index is 2.22. The van der Waals surface area contributed by atoms with E-state index < -0.39 is 5.91 Å². The number of carbonyl (C=O) groups excluding carboxylic acids is 1. The van der Waals surface area contributed by atoms with Crippen LogP contribution < -0.4 is 16.8 Å². The molecule has 5 heteroatoms. The molecule has 2 aromatic carbocycles. The second kappa shape index (κ2) is 5.63. The number of halogens is 1. The predicted octanol–water partition coefficient (Wildman–Crippen LogP) is 2.63. The van der Waals surface area contributed by atoms with Crippen molar-refractivity contribution in [1.29, 1.82) is 0 Å². The first-order chi connectivity index (χ1) is 9.08. The minimum atomic E-state index is -0.513. The summed E-state index contributed by atoms with van der Waals surface area (Å²) in [6.45, 7) is 0.509. The van der Waals surface area contributed by atoms with E-state index in [2.05, 4.69) is 5.32 Å². The minimum absolute atomic E-state index is 0.377. The number of hydrogen-bond donors (Lipinski definition) is 3. The van der Waals surface area contributed by atoms with E-state index in [-0.39, 0.29) is 0 Å². The molecule has 0 atom stereocenters. The van der Waals surface area contributed by atoms with Crippen LogP contribution in [0.4, 0.5) is 11.4 Å². The molecule has 19 heavy (non-hydrogen) atoms. The molecule has 0 aromatic heterocycles. The molecule has 0 unspecified atom stereocenters. The van der Waals surface area contributed by atoms with Gasteiger partial charge in [-0.15, -0.1) is 0 Å². The number of rotatable bonds is 4. The summed E-state index contributed by atoms with van der Waals surface area (Å²) in [5, 5.41) is 3.78. The SMILES string of the molecule is NC(=O)c1cccc(N)c1NCc1cccc(Cl)c1. The zero-order chi connectivity index (χ0) is 13.8. The van der Waals surface area contributed by atoms with Gasteiger partial charge in [0.2, 0.25) is 0 Å². The summed E-state index contributed by atoms with van der Waals surface area (Å²) in [7, 11) is 0. The molecule has 98 valence electrons. The van der Waals surface area contributed by atoms with E-state index in [4.69, 9.17) is 23.1 Å². The van der Waals surface area contributed by atoms with Crippen molar-refractivity contribution in [2.45, 2.75) is 6.54 Å². The molecule has 0 aliphatic rings. The molecule has 0 radical (unpaired) electrons. The number of nitrogens with two attached hydrogens (primary N) is 2. The van der Waals surface area contributed by atoms with Gasteiger partial charge in [0.05, 0.1) is 16.9 Å². The number of nitrogens with one attached hydrogen (secondary N) is 1. The smallest absolute Gasteiger partial charge is 0.250 e. The van der Waals surface area contributed by atoms with Gasteiger partial charge in [-0.1, -0.05) is 29.8 Å². The van der Waals surface area contributed by atoms with Crippen LogP contribution in [0.25, 0.3) is 0 Å². The lowest BCUT2D eigenvalue weighted by Crippen LogP contribution is -2.15. The number of benzene rings is 2. The third-order valence-corrected chi connectivity index (χ3v) is 2.96. The Kier molecular flexibility index (Phi) is 3.92. The Bertz CT molecular complexity index is 613. The maximum Gasteiger partial charge on any atom is 0.250 e. The molecule has 5 N–H and O–H groups in total. The first-order valence-electron chi connectivity index (χ1n) is 5.74. The van der Waals surface area contributed by atoms with Gasteiger partial charge in [0, 0.05) is 11.6 Å². The number of amides is 1. The van der Waals surface area contributed by atoms with Crippen LogP contribution in [0.3, 0.4) is 0 Å². The second-order valence-electron chi connectivity index (χ2n) is 4.12. The standard InChI is InChI=1S/C14H14ClN3O/c15-10-4-1-3-9(7-10)8-18-13-11(14(17)19)5-2-6-12(13)16/h1-7,18H,8,16H2,(H2,17,19). The molecule has 0 fully saturated rings. The summed E-state index contributed by atoms with van der Waals surface area (Å²) < 4.78 is 0. The molecule has 0 spiro atoms. The Morgan fingerprint density at radius 2 is 1.95 bits per heavy atom. The Morgan fingerprint density at radius 1 is 1.21 bits per heavy atom. The molecule has 0 heterocycles. The van der Waals surface area contributed by atoms with Crippen LogP contribution in [0, 0.1) is 0 Å². The normalized spacial score (nSPS) is 10.2. The predicted molar refractivity (Wildman–Crippen MR) is 78.2 cm³/mol. The number of anilines is 2. The third kappa shape index (κ3) is 3.17. The number of hydrogen-bond acceptors (Lipinski definition) is 3. The highest BCUT2D eigenvalue weighted by Crippen LogP contribution is 2.24. The summed E-state index contributed by atoms with van der Waals surface area (Å²) in [5.41, 5.74) is 13.6. The van der Waals surface area contributed by atoms with Gasteiger partial charge in [-0.2, -0.15) is 0 Å². The highest BCUT2D eigenvalue weighted by atomic mass is 35.5. The lowest BCUT2D eigenvalue weighted by Gasteiger charge is -2.12. The first-order valence-corrected chi connectivity index (χ1v) is 6.12. The van der Waals surface area contributed by atoms with Crippen molar-refractivity contribution in [1.82, 2.24) is 0 Å². The monoisotopic (exact) mass is 275 g/mol. The van der Waals surface area contributed by atoms with Gasteiger partial charge < -0.3 is 16.8 Å². The maximum absolute atomic E-state index is 11.3. The topological polar surface area (TPSA) is 81.1 Å². The molecule has 0 saturated heterocycles. The van der Waals surface area contributed by atoms with Gasteiger partial charge in [-0.3, -0.25) is 4.79 Å². The number of primary amides is 1. The van der Waals surface area contributed by atoms with Crippen LogP contribution in [0.1, 0.15) is 15.9 Å². The Morgan fingerprint density at radius 3 is 2.63 bits per heavy atom. The minimum Gasteiger partial charge on any atom is -0.397 e. The fourth-order valence-corrected chi connectivity index (χ4v) is 2.02. The molecule has 2 rings (SSSR count). The van der Waals surface area contributed by atoms with Crippen molar-refractivity contribution in [2.75, 3.05) is 11.1 Å². The zero-order valence-electron chi connectivity index (χ0n) is 10.2. The molecule has 0 aliphatic carbocycles. The van der Waals surface area contributed by atoms with Gasteiger partial charge in [-0.05, 0) is 29.8 Å². The number of para-hydroxylation sites is 1. The molecule has 4 nitrogen and oxygen atoms in total. The van der Waals surface area contributed by atoms with Gasteiger partial charge in [0.1, 0.15) is 0 Å². The van der Waals surface area contributed by atoms with E-state index in [9.17, 15) is 4.79 Å². The second-order valence-corrected chi connectivity index (χ2v) is 4.55. The fraction of sp³-hybridized carbons (Fsp3) is 0.0714. The quantitative estimate of drug-likeness (QED) is 0.750. The molecule has 1 amide bonds. The van der Waals surface area contributed by atoms with Crippen LogP contribution in [-0.4, -0.2) is 5.91 Å². The van der Waals surface area contributed by atoms with Crippen LogP contribution in [0.5, 0.6) is 0 Å². The van der Waals surface area contributed by atoms with E-state index in [1.54, 1.807) is 24.3 Å². The summed E-state index contributed by atoms with van der Waals surface area (Å²) >= 11 is 5.91. The van der Waals surface area contributed by atoms with Gasteiger partial charge in [0.25, 0.3) is 5.91 Å². The van der Waals surface area contributed by atoms with Crippen molar-refractivity contribution >= 4 is 28.9 Å². The van der Waals surface area contributed by atoms with Crippen LogP contribution in [-0.2, 0) is 6.54 Å². The fourth-order valence-electron chi connectivity index (χ4n) is 1.81. The third-order valence-electron chi connectivity index (χ3n) is 2.72. The highest BCUT2D eigenvalue weighted by molar-refractivity contribution is 6.30. The van der Waals surface area contributed by atoms with E-state index in [1.807, 2.05) is 18.2 Å². The average Bonchev–Trinajstić information content (AvgIpc) is 2.37. The summed E-state index contributed by atoms with van der Waals surface area (Å²) in [6, 6.07) is 12.5.